The van der Waals surface area contributed by atoms with E-state index >= 15 is 0 Å². The lowest BCUT2D eigenvalue weighted by atomic mass is 10.2. The average Bonchev–Trinajstić information content (AvgIpc) is 2.76. The molecule has 0 amide bonds. The molecule has 0 saturated heterocycles. The Hall–Kier alpha value is -1.38. The zero-order chi connectivity index (χ0) is 14.9. The summed E-state index contributed by atoms with van der Waals surface area (Å²) in [4.78, 5) is 10.9. The summed E-state index contributed by atoms with van der Waals surface area (Å²) >= 11 is 4.08. The standard InChI is InChI=1S/C12H10BrNO4S2/c1-7-2-4-10(8(13)6-7)20(17,18)14-11-5-3-9(19-11)12(15)16/h2-6,14H,1H3,(H,15,16). The van der Waals surface area contributed by atoms with E-state index in [1.807, 2.05) is 6.92 Å². The maximum Gasteiger partial charge on any atom is 0.345 e. The van der Waals surface area contributed by atoms with Crippen LogP contribution in [-0.2, 0) is 10.0 Å². The van der Waals surface area contributed by atoms with Crippen molar-refractivity contribution in [3.8, 4) is 0 Å². The number of benzene rings is 1. The van der Waals surface area contributed by atoms with Gasteiger partial charge in [0.1, 0.15) is 14.8 Å². The fraction of sp³-hybridized carbons (Fsp3) is 0.0833. The highest BCUT2D eigenvalue weighted by atomic mass is 79.9. The van der Waals surface area contributed by atoms with Crippen LogP contribution in [0.1, 0.15) is 15.2 Å². The van der Waals surface area contributed by atoms with Crippen molar-refractivity contribution in [2.45, 2.75) is 11.8 Å². The van der Waals surface area contributed by atoms with E-state index < -0.39 is 16.0 Å². The molecule has 2 aromatic rings. The van der Waals surface area contributed by atoms with Gasteiger partial charge in [-0.05, 0) is 52.7 Å². The molecule has 0 saturated carbocycles. The first-order valence-electron chi connectivity index (χ1n) is 5.42. The first kappa shape index (κ1) is 15.0. The van der Waals surface area contributed by atoms with E-state index in [2.05, 4.69) is 20.7 Å². The molecule has 1 aromatic heterocycles. The quantitative estimate of drug-likeness (QED) is 0.858. The molecule has 1 heterocycles. The third kappa shape index (κ3) is 3.20. The molecular formula is C12H10BrNO4S2. The Morgan fingerprint density at radius 1 is 1.30 bits per heavy atom. The molecule has 0 spiro atoms. The zero-order valence-corrected chi connectivity index (χ0v) is 13.5. The minimum Gasteiger partial charge on any atom is -0.477 e. The number of aromatic carboxylic acids is 1. The van der Waals surface area contributed by atoms with Gasteiger partial charge in [0.2, 0.25) is 0 Å². The predicted octanol–water partition coefficient (Wildman–Crippen LogP) is 3.32. The third-order valence-corrected chi connectivity index (χ3v) is 5.89. The molecule has 0 aliphatic heterocycles. The SMILES string of the molecule is Cc1ccc(S(=O)(=O)Nc2ccc(C(=O)O)s2)c(Br)c1. The van der Waals surface area contributed by atoms with Crippen LogP contribution in [0.3, 0.4) is 0 Å². The highest BCUT2D eigenvalue weighted by molar-refractivity contribution is 9.10. The maximum atomic E-state index is 12.2. The van der Waals surface area contributed by atoms with Crippen LogP contribution in [0, 0.1) is 6.92 Å². The van der Waals surface area contributed by atoms with Crippen LogP contribution in [0.5, 0.6) is 0 Å². The van der Waals surface area contributed by atoms with Crippen molar-refractivity contribution < 1.29 is 18.3 Å². The lowest BCUT2D eigenvalue weighted by Gasteiger charge is -2.08. The normalized spacial score (nSPS) is 11.3. The molecule has 2 N–H and O–H groups in total. The number of aryl methyl sites for hydroxylation is 1. The summed E-state index contributed by atoms with van der Waals surface area (Å²) in [6.07, 6.45) is 0. The second-order valence-corrected chi connectivity index (χ2v) is 7.60. The molecule has 0 bridgehead atoms. The molecule has 0 radical (unpaired) electrons. The Kier molecular flexibility index (Phi) is 4.17. The molecular weight excluding hydrogens is 366 g/mol. The van der Waals surface area contributed by atoms with Gasteiger partial charge >= 0.3 is 5.97 Å². The number of hydrogen-bond donors (Lipinski definition) is 2. The van der Waals surface area contributed by atoms with Gasteiger partial charge in [-0.1, -0.05) is 6.07 Å². The summed E-state index contributed by atoms with van der Waals surface area (Å²) in [5.41, 5.74) is 0.931. The van der Waals surface area contributed by atoms with Crippen molar-refractivity contribution >= 4 is 48.3 Å². The van der Waals surface area contributed by atoms with Crippen molar-refractivity contribution in [2.24, 2.45) is 0 Å². The lowest BCUT2D eigenvalue weighted by Crippen LogP contribution is -2.12. The van der Waals surface area contributed by atoms with Gasteiger partial charge in [-0.15, -0.1) is 11.3 Å². The van der Waals surface area contributed by atoms with Crippen LogP contribution in [0.2, 0.25) is 0 Å². The van der Waals surface area contributed by atoms with Gasteiger partial charge in [0.05, 0.1) is 0 Å². The topological polar surface area (TPSA) is 83.5 Å². The zero-order valence-electron chi connectivity index (χ0n) is 10.3. The molecule has 2 rings (SSSR count). The van der Waals surface area contributed by atoms with Crippen molar-refractivity contribution in [1.82, 2.24) is 0 Å². The maximum absolute atomic E-state index is 12.2. The number of carbonyl (C=O) groups is 1. The fourth-order valence-corrected chi connectivity index (χ4v) is 4.75. The molecule has 0 atom stereocenters. The van der Waals surface area contributed by atoms with Crippen molar-refractivity contribution in [2.75, 3.05) is 4.72 Å². The molecule has 20 heavy (non-hydrogen) atoms. The van der Waals surface area contributed by atoms with E-state index in [1.54, 1.807) is 12.1 Å². The minimum atomic E-state index is -3.75. The highest BCUT2D eigenvalue weighted by Crippen LogP contribution is 2.28. The van der Waals surface area contributed by atoms with Crippen molar-refractivity contribution in [3.63, 3.8) is 0 Å². The predicted molar refractivity (Wildman–Crippen MR) is 81.0 cm³/mol. The largest absolute Gasteiger partial charge is 0.477 e. The van der Waals surface area contributed by atoms with E-state index in [9.17, 15) is 13.2 Å². The molecule has 8 heteroatoms. The second-order valence-electron chi connectivity index (χ2n) is 4.01. The van der Waals surface area contributed by atoms with Crippen molar-refractivity contribution in [3.05, 3.63) is 45.2 Å². The Bertz CT molecular complexity index is 768. The van der Waals surface area contributed by atoms with Gasteiger partial charge in [0, 0.05) is 4.47 Å². The van der Waals surface area contributed by atoms with Gasteiger partial charge < -0.3 is 5.11 Å². The Labute approximate surface area is 128 Å². The number of halogens is 1. The summed E-state index contributed by atoms with van der Waals surface area (Å²) in [5.74, 6) is -1.09. The van der Waals surface area contributed by atoms with E-state index in [1.165, 1.54) is 18.2 Å². The smallest absolute Gasteiger partial charge is 0.345 e. The Morgan fingerprint density at radius 2 is 2.00 bits per heavy atom. The van der Waals surface area contributed by atoms with E-state index in [0.29, 0.717) is 4.47 Å². The molecule has 0 aliphatic rings. The number of thiophene rings is 1. The third-order valence-electron chi connectivity index (χ3n) is 2.43. The Balaban J connectivity index is 2.33. The summed E-state index contributed by atoms with van der Waals surface area (Å²) in [5, 5.41) is 9.07. The van der Waals surface area contributed by atoms with Crippen LogP contribution >= 0.6 is 27.3 Å². The molecule has 0 aliphatic carbocycles. The summed E-state index contributed by atoms with van der Waals surface area (Å²) < 4.78 is 27.3. The summed E-state index contributed by atoms with van der Waals surface area (Å²) in [7, 11) is -3.75. The number of anilines is 1. The number of nitrogens with one attached hydrogen (secondary N) is 1. The van der Waals surface area contributed by atoms with Crippen LogP contribution < -0.4 is 4.72 Å². The van der Waals surface area contributed by atoms with Crippen LogP contribution in [-0.4, -0.2) is 19.5 Å². The van der Waals surface area contributed by atoms with Gasteiger partial charge in [-0.25, -0.2) is 13.2 Å². The minimum absolute atomic E-state index is 0.0747. The van der Waals surface area contributed by atoms with Crippen LogP contribution in [0.15, 0.2) is 39.7 Å². The molecule has 1 aromatic carbocycles. The number of rotatable bonds is 4. The molecule has 5 nitrogen and oxygen atoms in total. The highest BCUT2D eigenvalue weighted by Gasteiger charge is 2.19. The van der Waals surface area contributed by atoms with Crippen LogP contribution in [0.4, 0.5) is 5.00 Å². The average molecular weight is 376 g/mol. The Morgan fingerprint density at radius 3 is 2.55 bits per heavy atom. The molecule has 0 fully saturated rings. The first-order chi connectivity index (χ1) is 9.29. The molecule has 0 unspecified atom stereocenters. The van der Waals surface area contributed by atoms with E-state index in [0.717, 1.165) is 16.9 Å². The monoisotopic (exact) mass is 375 g/mol. The number of carboxylic acids is 1. The van der Waals surface area contributed by atoms with E-state index in [4.69, 9.17) is 5.11 Å². The second kappa shape index (κ2) is 5.55. The lowest BCUT2D eigenvalue weighted by molar-refractivity contribution is 0.0702. The van der Waals surface area contributed by atoms with Crippen molar-refractivity contribution in [1.29, 1.82) is 0 Å². The summed E-state index contributed by atoms with van der Waals surface area (Å²) in [6, 6.07) is 7.67. The van der Waals surface area contributed by atoms with Crippen LogP contribution in [0.25, 0.3) is 0 Å². The number of hydrogen-bond acceptors (Lipinski definition) is 4. The summed E-state index contributed by atoms with van der Waals surface area (Å²) in [6.45, 7) is 1.85. The van der Waals surface area contributed by atoms with E-state index in [-0.39, 0.29) is 14.8 Å². The van der Waals surface area contributed by atoms with Gasteiger partial charge in [-0.2, -0.15) is 0 Å². The molecule has 106 valence electrons. The fourth-order valence-electron chi connectivity index (χ4n) is 1.52. The first-order valence-corrected chi connectivity index (χ1v) is 8.51. The number of carboxylic acid groups (broad SMARTS) is 1. The number of sulfonamides is 1. The van der Waals surface area contributed by atoms with Gasteiger partial charge in [-0.3, -0.25) is 4.72 Å². The van der Waals surface area contributed by atoms with Gasteiger partial charge in [0.15, 0.2) is 0 Å². The van der Waals surface area contributed by atoms with Gasteiger partial charge in [0.25, 0.3) is 10.0 Å².